The highest BCUT2D eigenvalue weighted by atomic mass is 16.5. The molecule has 3 atom stereocenters. The zero-order chi connectivity index (χ0) is 14.7. The summed E-state index contributed by atoms with van der Waals surface area (Å²) in [6.07, 6.45) is 2.05. The molecule has 0 radical (unpaired) electrons. The first kappa shape index (κ1) is 15.1. The Morgan fingerprint density at radius 3 is 2.40 bits per heavy atom. The second-order valence-electron chi connectivity index (χ2n) is 6.00. The molecule has 2 rings (SSSR count). The van der Waals surface area contributed by atoms with Gasteiger partial charge < -0.3 is 19.6 Å². The van der Waals surface area contributed by atoms with Gasteiger partial charge in [-0.05, 0) is 32.6 Å². The van der Waals surface area contributed by atoms with Gasteiger partial charge in [0, 0.05) is 32.6 Å². The zero-order valence-corrected chi connectivity index (χ0v) is 12.2. The number of nitrogens with zero attached hydrogens (tertiary/aromatic N) is 2. The molecule has 6 heteroatoms. The number of amides is 2. The lowest BCUT2D eigenvalue weighted by Gasteiger charge is -2.40. The van der Waals surface area contributed by atoms with Crippen molar-refractivity contribution in [1.29, 1.82) is 0 Å². The van der Waals surface area contributed by atoms with Gasteiger partial charge >= 0.3 is 12.0 Å². The molecule has 0 aliphatic carbocycles. The van der Waals surface area contributed by atoms with Gasteiger partial charge in [-0.25, -0.2) is 4.79 Å². The molecule has 0 aromatic carbocycles. The Balaban J connectivity index is 1.92. The standard InChI is InChI=1S/C14H24N2O4/c1-10-7-16(8-11(2)20-10)14(19)15-5-3-4-12(9-15)6-13(17)18/h10-12H,3-9H2,1-2H3,(H,17,18)/t10-,11+,12?. The summed E-state index contributed by atoms with van der Waals surface area (Å²) in [5, 5.41) is 8.88. The van der Waals surface area contributed by atoms with Gasteiger partial charge in [0.25, 0.3) is 0 Å². The van der Waals surface area contributed by atoms with E-state index in [0.717, 1.165) is 19.4 Å². The van der Waals surface area contributed by atoms with Crippen LogP contribution in [-0.2, 0) is 9.53 Å². The minimum Gasteiger partial charge on any atom is -0.481 e. The molecule has 2 heterocycles. The van der Waals surface area contributed by atoms with Crippen LogP contribution in [0.15, 0.2) is 0 Å². The molecule has 0 bridgehead atoms. The molecule has 0 aromatic heterocycles. The number of carboxylic acids is 1. The maximum absolute atomic E-state index is 12.5. The Morgan fingerprint density at radius 1 is 1.15 bits per heavy atom. The SMILES string of the molecule is C[C@@H]1CN(C(=O)N2CCCC(CC(=O)O)C2)C[C@H](C)O1. The van der Waals surface area contributed by atoms with E-state index in [-0.39, 0.29) is 30.6 Å². The Labute approximate surface area is 119 Å². The predicted octanol–water partition coefficient (Wildman–Crippen LogP) is 1.40. The van der Waals surface area contributed by atoms with Gasteiger partial charge in [0.1, 0.15) is 0 Å². The van der Waals surface area contributed by atoms with Crippen LogP contribution < -0.4 is 0 Å². The summed E-state index contributed by atoms with van der Waals surface area (Å²) >= 11 is 0. The number of aliphatic carboxylic acids is 1. The first-order valence-corrected chi connectivity index (χ1v) is 7.36. The van der Waals surface area contributed by atoms with Crippen molar-refractivity contribution < 1.29 is 19.4 Å². The molecular weight excluding hydrogens is 260 g/mol. The fourth-order valence-corrected chi connectivity index (χ4v) is 3.19. The summed E-state index contributed by atoms with van der Waals surface area (Å²) in [4.78, 5) is 27.0. The summed E-state index contributed by atoms with van der Waals surface area (Å²) in [5.41, 5.74) is 0. The number of likely N-dealkylation sites (tertiary alicyclic amines) is 1. The van der Waals surface area contributed by atoms with Crippen LogP contribution in [0.5, 0.6) is 0 Å². The molecule has 1 unspecified atom stereocenters. The molecule has 1 N–H and O–H groups in total. The number of ether oxygens (including phenoxy) is 1. The average molecular weight is 284 g/mol. The van der Waals surface area contributed by atoms with Crippen LogP contribution >= 0.6 is 0 Å². The third-order valence-corrected chi connectivity index (χ3v) is 3.94. The van der Waals surface area contributed by atoms with E-state index in [2.05, 4.69) is 0 Å². The number of carboxylic acid groups (broad SMARTS) is 1. The Bertz CT molecular complexity index is 364. The van der Waals surface area contributed by atoms with Crippen LogP contribution in [0.2, 0.25) is 0 Å². The second kappa shape index (κ2) is 6.43. The van der Waals surface area contributed by atoms with Gasteiger partial charge in [0.15, 0.2) is 0 Å². The highest BCUT2D eigenvalue weighted by molar-refractivity contribution is 5.75. The van der Waals surface area contributed by atoms with Crippen LogP contribution in [0, 0.1) is 5.92 Å². The number of hydrogen-bond donors (Lipinski definition) is 1. The van der Waals surface area contributed by atoms with Crippen LogP contribution in [0.25, 0.3) is 0 Å². The normalized spacial score (nSPS) is 31.2. The van der Waals surface area contributed by atoms with Crippen LogP contribution in [0.3, 0.4) is 0 Å². The third-order valence-electron chi connectivity index (χ3n) is 3.94. The fourth-order valence-electron chi connectivity index (χ4n) is 3.19. The number of carbonyl (C=O) groups excluding carboxylic acids is 1. The third kappa shape index (κ3) is 3.85. The van der Waals surface area contributed by atoms with Crippen LogP contribution in [0.4, 0.5) is 4.79 Å². The Hall–Kier alpha value is -1.30. The number of urea groups is 1. The summed E-state index contributed by atoms with van der Waals surface area (Å²) in [5.74, 6) is -0.695. The Morgan fingerprint density at radius 2 is 1.80 bits per heavy atom. The topological polar surface area (TPSA) is 70.1 Å². The van der Waals surface area contributed by atoms with Crippen molar-refractivity contribution in [2.45, 2.75) is 45.3 Å². The number of rotatable bonds is 2. The van der Waals surface area contributed by atoms with E-state index in [4.69, 9.17) is 9.84 Å². The van der Waals surface area contributed by atoms with Gasteiger partial charge in [-0.2, -0.15) is 0 Å². The molecule has 2 amide bonds. The van der Waals surface area contributed by atoms with Crippen molar-refractivity contribution in [3.63, 3.8) is 0 Å². The summed E-state index contributed by atoms with van der Waals surface area (Å²) in [6.45, 7) is 6.46. The minimum absolute atomic E-state index is 0.0297. The number of carbonyl (C=O) groups is 2. The molecule has 6 nitrogen and oxygen atoms in total. The zero-order valence-electron chi connectivity index (χ0n) is 12.2. The maximum atomic E-state index is 12.5. The van der Waals surface area contributed by atoms with E-state index in [1.54, 1.807) is 0 Å². The van der Waals surface area contributed by atoms with E-state index < -0.39 is 5.97 Å². The quantitative estimate of drug-likeness (QED) is 0.832. The molecule has 2 aliphatic heterocycles. The van der Waals surface area contributed by atoms with Gasteiger partial charge in [-0.15, -0.1) is 0 Å². The average Bonchev–Trinajstić information content (AvgIpc) is 2.36. The second-order valence-corrected chi connectivity index (χ2v) is 6.00. The van der Waals surface area contributed by atoms with Gasteiger partial charge in [-0.1, -0.05) is 0 Å². The number of hydrogen-bond acceptors (Lipinski definition) is 3. The first-order valence-electron chi connectivity index (χ1n) is 7.36. The van der Waals surface area contributed by atoms with Gasteiger partial charge in [0.05, 0.1) is 12.2 Å². The highest BCUT2D eigenvalue weighted by Crippen LogP contribution is 2.22. The van der Waals surface area contributed by atoms with Gasteiger partial charge in [-0.3, -0.25) is 4.79 Å². The molecule has 0 saturated carbocycles. The highest BCUT2D eigenvalue weighted by Gasteiger charge is 2.32. The maximum Gasteiger partial charge on any atom is 0.320 e. The molecule has 0 spiro atoms. The number of morpholine rings is 1. The summed E-state index contributed by atoms with van der Waals surface area (Å²) < 4.78 is 5.64. The van der Waals surface area contributed by atoms with Crippen LogP contribution in [-0.4, -0.2) is 65.3 Å². The molecule has 20 heavy (non-hydrogen) atoms. The van der Waals surface area contributed by atoms with Crippen molar-refractivity contribution in [3.05, 3.63) is 0 Å². The van der Waals surface area contributed by atoms with Crippen molar-refractivity contribution in [3.8, 4) is 0 Å². The van der Waals surface area contributed by atoms with E-state index in [0.29, 0.717) is 19.6 Å². The molecule has 2 fully saturated rings. The number of piperidine rings is 1. The molecule has 114 valence electrons. The predicted molar refractivity (Wildman–Crippen MR) is 73.5 cm³/mol. The van der Waals surface area contributed by atoms with Crippen molar-refractivity contribution in [1.82, 2.24) is 9.80 Å². The largest absolute Gasteiger partial charge is 0.481 e. The smallest absolute Gasteiger partial charge is 0.320 e. The lowest BCUT2D eigenvalue weighted by Crippen LogP contribution is -2.54. The van der Waals surface area contributed by atoms with E-state index in [1.165, 1.54) is 0 Å². The molecule has 2 aliphatic rings. The molecular formula is C14H24N2O4. The lowest BCUT2D eigenvalue weighted by molar-refractivity contribution is -0.138. The Kier molecular flexibility index (Phi) is 4.86. The fraction of sp³-hybridized carbons (Fsp3) is 0.857. The first-order chi connectivity index (χ1) is 9.45. The van der Waals surface area contributed by atoms with E-state index in [1.807, 2.05) is 23.6 Å². The summed E-state index contributed by atoms with van der Waals surface area (Å²) in [6, 6.07) is 0.0297. The van der Waals surface area contributed by atoms with Crippen molar-refractivity contribution in [2.24, 2.45) is 5.92 Å². The van der Waals surface area contributed by atoms with E-state index in [9.17, 15) is 9.59 Å². The monoisotopic (exact) mass is 284 g/mol. The molecule has 0 aromatic rings. The molecule has 2 saturated heterocycles. The van der Waals surface area contributed by atoms with Crippen molar-refractivity contribution >= 4 is 12.0 Å². The van der Waals surface area contributed by atoms with Crippen LogP contribution in [0.1, 0.15) is 33.1 Å². The van der Waals surface area contributed by atoms with Gasteiger partial charge in [0.2, 0.25) is 0 Å². The lowest BCUT2D eigenvalue weighted by atomic mass is 9.95. The summed E-state index contributed by atoms with van der Waals surface area (Å²) in [7, 11) is 0. The minimum atomic E-state index is -0.780. The van der Waals surface area contributed by atoms with E-state index >= 15 is 0 Å². The van der Waals surface area contributed by atoms with Crippen molar-refractivity contribution in [2.75, 3.05) is 26.2 Å².